The van der Waals surface area contributed by atoms with E-state index in [1.165, 1.54) is 6.26 Å². The number of Topliss-reactive ketones (excluding diaryl/α,β-unsaturated/α-hetero) is 1. The molecule has 1 atom stereocenters. The number of rotatable bonds is 5. The number of amides is 1. The molecular formula is C17H25NO5. The van der Waals surface area contributed by atoms with Crippen LogP contribution in [0, 0.1) is 5.92 Å². The Kier molecular flexibility index (Phi) is 5.82. The highest BCUT2D eigenvalue weighted by Gasteiger charge is 2.27. The Balaban J connectivity index is 1.73. The van der Waals surface area contributed by atoms with E-state index in [1.54, 1.807) is 17.0 Å². The van der Waals surface area contributed by atoms with E-state index in [9.17, 15) is 9.59 Å². The van der Waals surface area contributed by atoms with Gasteiger partial charge in [-0.15, -0.1) is 0 Å². The van der Waals surface area contributed by atoms with E-state index in [4.69, 9.17) is 13.9 Å². The van der Waals surface area contributed by atoms with Crippen LogP contribution in [0.1, 0.15) is 44.2 Å². The molecule has 2 rings (SSSR count). The molecule has 1 saturated heterocycles. The average Bonchev–Trinajstić information content (AvgIpc) is 3.00. The van der Waals surface area contributed by atoms with Crippen LogP contribution in [-0.2, 0) is 9.47 Å². The van der Waals surface area contributed by atoms with Gasteiger partial charge in [-0.25, -0.2) is 4.79 Å². The standard InChI is InChI=1S/C17H25NO5/c1-17(2,3)23-16(20)18-8-4-6-13(10-18)11-21-12-14(19)15-7-5-9-22-15/h5,7,9,13H,4,6,8,10-12H2,1-3H3/t13-/m0/s1. The minimum atomic E-state index is -0.490. The summed E-state index contributed by atoms with van der Waals surface area (Å²) in [6, 6.07) is 3.30. The number of ketones is 1. The molecular weight excluding hydrogens is 298 g/mol. The van der Waals surface area contributed by atoms with Crippen molar-refractivity contribution in [2.75, 3.05) is 26.3 Å². The van der Waals surface area contributed by atoms with Crippen LogP contribution in [-0.4, -0.2) is 48.7 Å². The largest absolute Gasteiger partial charge is 0.461 e. The molecule has 0 radical (unpaired) electrons. The first-order chi connectivity index (χ1) is 10.8. The molecule has 2 heterocycles. The third kappa shape index (κ3) is 5.71. The van der Waals surface area contributed by atoms with E-state index < -0.39 is 5.60 Å². The third-order valence-corrected chi connectivity index (χ3v) is 3.55. The molecule has 0 unspecified atom stereocenters. The van der Waals surface area contributed by atoms with Gasteiger partial charge in [-0.1, -0.05) is 0 Å². The number of carbonyl (C=O) groups is 2. The topological polar surface area (TPSA) is 69.0 Å². The highest BCUT2D eigenvalue weighted by Crippen LogP contribution is 2.19. The normalized spacial score (nSPS) is 18.7. The van der Waals surface area contributed by atoms with E-state index >= 15 is 0 Å². The van der Waals surface area contributed by atoms with E-state index in [1.807, 2.05) is 20.8 Å². The lowest BCUT2D eigenvalue weighted by molar-refractivity contribution is 0.00773. The van der Waals surface area contributed by atoms with E-state index in [0.29, 0.717) is 25.5 Å². The fourth-order valence-electron chi connectivity index (χ4n) is 2.52. The summed E-state index contributed by atoms with van der Waals surface area (Å²) in [5, 5.41) is 0. The van der Waals surface area contributed by atoms with Crippen LogP contribution in [0.25, 0.3) is 0 Å². The molecule has 1 amide bonds. The summed E-state index contributed by atoms with van der Waals surface area (Å²) in [6.07, 6.45) is 3.08. The number of carbonyl (C=O) groups excluding carboxylic acids is 2. The lowest BCUT2D eigenvalue weighted by Gasteiger charge is -2.34. The molecule has 0 aromatic carbocycles. The van der Waals surface area contributed by atoms with Gasteiger partial charge in [0.1, 0.15) is 12.2 Å². The summed E-state index contributed by atoms with van der Waals surface area (Å²) in [4.78, 5) is 25.6. The van der Waals surface area contributed by atoms with Gasteiger partial charge in [-0.3, -0.25) is 4.79 Å². The van der Waals surface area contributed by atoms with Gasteiger partial charge in [-0.05, 0) is 45.7 Å². The number of hydrogen-bond acceptors (Lipinski definition) is 5. The molecule has 0 bridgehead atoms. The van der Waals surface area contributed by atoms with Crippen LogP contribution in [0.15, 0.2) is 22.8 Å². The van der Waals surface area contributed by atoms with Crippen molar-refractivity contribution in [2.24, 2.45) is 5.92 Å². The fraction of sp³-hybridized carbons (Fsp3) is 0.647. The summed E-state index contributed by atoms with van der Waals surface area (Å²) in [7, 11) is 0. The van der Waals surface area contributed by atoms with Gasteiger partial charge in [0.25, 0.3) is 0 Å². The van der Waals surface area contributed by atoms with E-state index in [2.05, 4.69) is 0 Å². The van der Waals surface area contributed by atoms with Crippen LogP contribution in [0.2, 0.25) is 0 Å². The van der Waals surface area contributed by atoms with Crippen molar-refractivity contribution in [1.82, 2.24) is 4.90 Å². The maximum absolute atomic E-state index is 12.1. The van der Waals surface area contributed by atoms with Gasteiger partial charge < -0.3 is 18.8 Å². The Bertz CT molecular complexity index is 518. The van der Waals surface area contributed by atoms with Crippen molar-refractivity contribution in [2.45, 2.75) is 39.2 Å². The van der Waals surface area contributed by atoms with Gasteiger partial charge in [0.2, 0.25) is 5.78 Å². The van der Waals surface area contributed by atoms with Crippen LogP contribution < -0.4 is 0 Å². The monoisotopic (exact) mass is 323 g/mol. The first-order valence-electron chi connectivity index (χ1n) is 7.97. The molecule has 128 valence electrons. The maximum atomic E-state index is 12.1. The van der Waals surface area contributed by atoms with Crippen molar-refractivity contribution < 1.29 is 23.5 Å². The highest BCUT2D eigenvalue weighted by molar-refractivity contribution is 5.94. The van der Waals surface area contributed by atoms with Gasteiger partial charge in [0.15, 0.2) is 5.76 Å². The van der Waals surface area contributed by atoms with E-state index in [-0.39, 0.29) is 24.4 Å². The van der Waals surface area contributed by atoms with Gasteiger partial charge in [-0.2, -0.15) is 0 Å². The molecule has 1 fully saturated rings. The minimum absolute atomic E-state index is 0.00352. The lowest BCUT2D eigenvalue weighted by atomic mass is 9.99. The van der Waals surface area contributed by atoms with Crippen LogP contribution in [0.3, 0.4) is 0 Å². The smallest absolute Gasteiger partial charge is 0.410 e. The Morgan fingerprint density at radius 1 is 1.39 bits per heavy atom. The van der Waals surface area contributed by atoms with E-state index in [0.717, 1.165) is 12.8 Å². The van der Waals surface area contributed by atoms with Crippen molar-refractivity contribution in [3.05, 3.63) is 24.2 Å². The molecule has 0 saturated carbocycles. The average molecular weight is 323 g/mol. The molecule has 23 heavy (non-hydrogen) atoms. The van der Waals surface area contributed by atoms with Crippen molar-refractivity contribution in [1.29, 1.82) is 0 Å². The molecule has 1 aliphatic heterocycles. The molecule has 1 aliphatic rings. The summed E-state index contributed by atoms with van der Waals surface area (Å²) in [5.41, 5.74) is -0.490. The summed E-state index contributed by atoms with van der Waals surface area (Å²) < 4.78 is 15.9. The summed E-state index contributed by atoms with van der Waals surface area (Å²) in [5.74, 6) is 0.361. The predicted molar refractivity (Wildman–Crippen MR) is 84.4 cm³/mol. The molecule has 0 N–H and O–H groups in total. The number of nitrogens with zero attached hydrogens (tertiary/aromatic N) is 1. The Morgan fingerprint density at radius 2 is 2.17 bits per heavy atom. The van der Waals surface area contributed by atoms with Gasteiger partial charge in [0.05, 0.1) is 12.9 Å². The third-order valence-electron chi connectivity index (χ3n) is 3.55. The van der Waals surface area contributed by atoms with Crippen LogP contribution in [0.5, 0.6) is 0 Å². The molecule has 1 aromatic heterocycles. The summed E-state index contributed by atoms with van der Waals surface area (Å²) in [6.45, 7) is 7.32. The summed E-state index contributed by atoms with van der Waals surface area (Å²) >= 11 is 0. The van der Waals surface area contributed by atoms with Crippen molar-refractivity contribution in [3.63, 3.8) is 0 Å². The van der Waals surface area contributed by atoms with Gasteiger partial charge >= 0.3 is 6.09 Å². The minimum Gasteiger partial charge on any atom is -0.461 e. The SMILES string of the molecule is CC(C)(C)OC(=O)N1CCC[C@H](COCC(=O)c2ccco2)C1. The molecule has 6 nitrogen and oxygen atoms in total. The first kappa shape index (κ1) is 17.5. The van der Waals surface area contributed by atoms with Crippen molar-refractivity contribution in [3.8, 4) is 0 Å². The quantitative estimate of drug-likeness (QED) is 0.779. The predicted octanol–water partition coefficient (Wildman–Crippen LogP) is 3.13. The second-order valence-corrected chi connectivity index (χ2v) is 6.85. The van der Waals surface area contributed by atoms with Gasteiger partial charge in [0, 0.05) is 19.0 Å². The number of piperidine rings is 1. The molecule has 6 heteroatoms. The van der Waals surface area contributed by atoms with Crippen LogP contribution in [0.4, 0.5) is 4.79 Å². The maximum Gasteiger partial charge on any atom is 0.410 e. The van der Waals surface area contributed by atoms with Crippen LogP contribution >= 0.6 is 0 Å². The second-order valence-electron chi connectivity index (χ2n) is 6.85. The number of likely N-dealkylation sites (tertiary alicyclic amines) is 1. The first-order valence-corrected chi connectivity index (χ1v) is 7.97. The fourth-order valence-corrected chi connectivity index (χ4v) is 2.52. The highest BCUT2D eigenvalue weighted by atomic mass is 16.6. The lowest BCUT2D eigenvalue weighted by Crippen LogP contribution is -2.43. The molecule has 0 aliphatic carbocycles. The zero-order valence-electron chi connectivity index (χ0n) is 14.0. The number of furan rings is 1. The van der Waals surface area contributed by atoms with Crippen molar-refractivity contribution >= 4 is 11.9 Å². The zero-order chi connectivity index (χ0) is 16.9. The molecule has 1 aromatic rings. The second kappa shape index (κ2) is 7.64. The Hall–Kier alpha value is -1.82. The molecule has 0 spiro atoms. The zero-order valence-corrected chi connectivity index (χ0v) is 14.0. The number of ether oxygens (including phenoxy) is 2. The number of hydrogen-bond donors (Lipinski definition) is 0. The Labute approximate surface area is 136 Å². The Morgan fingerprint density at radius 3 is 2.83 bits per heavy atom.